The zero-order valence-corrected chi connectivity index (χ0v) is 12.4. The van der Waals surface area contributed by atoms with Crippen molar-refractivity contribution in [1.29, 1.82) is 0 Å². The van der Waals surface area contributed by atoms with Gasteiger partial charge >= 0.3 is 0 Å². The maximum absolute atomic E-state index is 11.3. The van der Waals surface area contributed by atoms with Gasteiger partial charge < -0.3 is 15.5 Å². The molecule has 2 aromatic rings. The van der Waals surface area contributed by atoms with Gasteiger partial charge in [-0.15, -0.1) is 0 Å². The number of hydrogen-bond donors (Lipinski definition) is 3. The summed E-state index contributed by atoms with van der Waals surface area (Å²) < 4.78 is 22.6. The minimum Gasteiger partial charge on any atom is -0.508 e. The quantitative estimate of drug-likeness (QED) is 0.799. The molecule has 0 radical (unpaired) electrons. The van der Waals surface area contributed by atoms with Crippen LogP contribution >= 0.6 is 0 Å². The predicted molar refractivity (Wildman–Crippen MR) is 79.2 cm³/mol. The zero-order valence-electron chi connectivity index (χ0n) is 11.6. The maximum Gasteiger partial charge on any atom is 0.192 e. The lowest BCUT2D eigenvalue weighted by Crippen LogP contribution is -2.07. The zero-order chi connectivity index (χ0) is 15.6. The van der Waals surface area contributed by atoms with Gasteiger partial charge in [-0.2, -0.15) is 0 Å². The lowest BCUT2D eigenvalue weighted by Gasteiger charge is -2.16. The smallest absolute Gasteiger partial charge is 0.192 e. The van der Waals surface area contributed by atoms with Gasteiger partial charge in [-0.25, -0.2) is 13.4 Å². The summed E-state index contributed by atoms with van der Waals surface area (Å²) in [5.74, 6) is -0.0478. The Bertz CT molecular complexity index is 722. The first-order valence-electron chi connectivity index (χ1n) is 6.21. The summed E-state index contributed by atoms with van der Waals surface area (Å²) in [7, 11) is -3.32. The molecule has 0 aliphatic carbocycles. The number of benzene rings is 1. The molecule has 1 atom stereocenters. The third-order valence-electron chi connectivity index (χ3n) is 2.92. The number of sulfone groups is 1. The number of rotatable bonds is 4. The fraction of sp³-hybridized carbons (Fsp3) is 0.214. The second-order valence-corrected chi connectivity index (χ2v) is 6.77. The number of pyridine rings is 1. The topological polar surface area (TPSA) is 99.5 Å². The number of phenolic OH excluding ortho intramolecular Hbond substituents is 2. The maximum atomic E-state index is 11.3. The van der Waals surface area contributed by atoms with Gasteiger partial charge in [0.2, 0.25) is 0 Å². The van der Waals surface area contributed by atoms with Crippen LogP contribution in [0.25, 0.3) is 0 Å². The third kappa shape index (κ3) is 3.85. The van der Waals surface area contributed by atoms with E-state index in [2.05, 4.69) is 10.3 Å². The van der Waals surface area contributed by atoms with Crippen molar-refractivity contribution >= 4 is 15.5 Å². The van der Waals surface area contributed by atoms with E-state index < -0.39 is 9.84 Å². The molecule has 21 heavy (non-hydrogen) atoms. The Labute approximate surface area is 123 Å². The minimum absolute atomic E-state index is 0.00991. The van der Waals surface area contributed by atoms with E-state index in [1.54, 1.807) is 6.07 Å². The molecule has 2 rings (SSSR count). The van der Waals surface area contributed by atoms with Crippen LogP contribution in [0, 0.1) is 0 Å². The van der Waals surface area contributed by atoms with Gasteiger partial charge in [0, 0.05) is 18.4 Å². The molecule has 0 aliphatic heterocycles. The summed E-state index contributed by atoms with van der Waals surface area (Å²) in [6.45, 7) is 1.85. The molecule has 0 amide bonds. The molecule has 1 aromatic carbocycles. The van der Waals surface area contributed by atoms with E-state index in [9.17, 15) is 18.6 Å². The molecule has 6 nitrogen and oxygen atoms in total. The van der Waals surface area contributed by atoms with E-state index in [1.165, 1.54) is 30.5 Å². The van der Waals surface area contributed by atoms with Crippen molar-refractivity contribution in [2.24, 2.45) is 0 Å². The Hall–Kier alpha value is -2.28. The summed E-state index contributed by atoms with van der Waals surface area (Å²) in [6, 6.07) is 7.16. The van der Waals surface area contributed by atoms with Crippen LogP contribution in [-0.2, 0) is 9.84 Å². The predicted octanol–water partition coefficient (Wildman–Crippen LogP) is 2.07. The van der Waals surface area contributed by atoms with Crippen LogP contribution in [0.2, 0.25) is 0 Å². The number of nitrogens with zero attached hydrogens (tertiary/aromatic N) is 1. The first-order chi connectivity index (χ1) is 9.75. The SMILES string of the molecule is CC(Nc1ccc(S(C)(=O)=O)nc1)c1cc(O)cc(O)c1. The van der Waals surface area contributed by atoms with Crippen molar-refractivity contribution in [3.63, 3.8) is 0 Å². The molecule has 0 fully saturated rings. The van der Waals surface area contributed by atoms with Crippen LogP contribution < -0.4 is 5.32 Å². The minimum atomic E-state index is -3.32. The number of aromatic nitrogens is 1. The Morgan fingerprint density at radius 2 is 1.76 bits per heavy atom. The van der Waals surface area contributed by atoms with Gasteiger partial charge in [0.05, 0.1) is 11.9 Å². The fourth-order valence-electron chi connectivity index (χ4n) is 1.89. The van der Waals surface area contributed by atoms with Crippen molar-refractivity contribution < 1.29 is 18.6 Å². The van der Waals surface area contributed by atoms with Crippen molar-refractivity contribution in [3.05, 3.63) is 42.1 Å². The lowest BCUT2D eigenvalue weighted by molar-refractivity contribution is 0.448. The second-order valence-electron chi connectivity index (χ2n) is 4.81. The van der Waals surface area contributed by atoms with E-state index >= 15 is 0 Å². The first kappa shape index (κ1) is 15.1. The van der Waals surface area contributed by atoms with Crippen LogP contribution in [-0.4, -0.2) is 29.9 Å². The number of phenols is 2. The average Bonchev–Trinajstić information content (AvgIpc) is 2.37. The average molecular weight is 308 g/mol. The van der Waals surface area contributed by atoms with Gasteiger partial charge in [0.1, 0.15) is 11.5 Å². The van der Waals surface area contributed by atoms with E-state index in [1.807, 2.05) is 6.92 Å². The molecule has 1 heterocycles. The van der Waals surface area contributed by atoms with Gasteiger partial charge in [-0.3, -0.25) is 0 Å². The van der Waals surface area contributed by atoms with Crippen LogP contribution in [0.4, 0.5) is 5.69 Å². The molecule has 1 unspecified atom stereocenters. The molecular weight excluding hydrogens is 292 g/mol. The highest BCUT2D eigenvalue weighted by molar-refractivity contribution is 7.90. The summed E-state index contributed by atoms with van der Waals surface area (Å²) in [5, 5.41) is 22.1. The Kier molecular flexibility index (Phi) is 4.04. The fourth-order valence-corrected chi connectivity index (χ4v) is 2.45. The van der Waals surface area contributed by atoms with Gasteiger partial charge in [-0.05, 0) is 36.8 Å². The molecule has 0 aliphatic rings. The van der Waals surface area contributed by atoms with Gasteiger partial charge in [-0.1, -0.05) is 0 Å². The van der Waals surface area contributed by atoms with Crippen LogP contribution in [0.1, 0.15) is 18.5 Å². The van der Waals surface area contributed by atoms with Crippen LogP contribution in [0.3, 0.4) is 0 Å². The van der Waals surface area contributed by atoms with Crippen LogP contribution in [0.5, 0.6) is 11.5 Å². The van der Waals surface area contributed by atoms with Crippen molar-refractivity contribution in [1.82, 2.24) is 4.98 Å². The molecule has 0 spiro atoms. The molecule has 0 bridgehead atoms. The Morgan fingerprint density at radius 3 is 2.24 bits per heavy atom. The van der Waals surface area contributed by atoms with E-state index in [-0.39, 0.29) is 22.6 Å². The third-order valence-corrected chi connectivity index (χ3v) is 3.93. The van der Waals surface area contributed by atoms with Crippen molar-refractivity contribution in [3.8, 4) is 11.5 Å². The summed E-state index contributed by atoms with van der Waals surface area (Å²) in [4.78, 5) is 3.88. The molecule has 112 valence electrons. The number of nitrogens with one attached hydrogen (secondary N) is 1. The van der Waals surface area contributed by atoms with E-state index in [0.717, 1.165) is 6.26 Å². The van der Waals surface area contributed by atoms with E-state index in [0.29, 0.717) is 11.3 Å². The van der Waals surface area contributed by atoms with Gasteiger partial charge in [0.15, 0.2) is 14.9 Å². The highest BCUT2D eigenvalue weighted by atomic mass is 32.2. The Morgan fingerprint density at radius 1 is 1.14 bits per heavy atom. The van der Waals surface area contributed by atoms with Crippen molar-refractivity contribution in [2.45, 2.75) is 18.0 Å². The van der Waals surface area contributed by atoms with Crippen molar-refractivity contribution in [2.75, 3.05) is 11.6 Å². The summed E-state index contributed by atoms with van der Waals surface area (Å²) in [5.41, 5.74) is 1.33. The normalized spacial score (nSPS) is 12.9. The molecule has 3 N–H and O–H groups in total. The molecule has 1 aromatic heterocycles. The first-order valence-corrected chi connectivity index (χ1v) is 8.10. The van der Waals surface area contributed by atoms with Gasteiger partial charge in [0.25, 0.3) is 0 Å². The highest BCUT2D eigenvalue weighted by Gasteiger charge is 2.11. The van der Waals surface area contributed by atoms with Crippen LogP contribution in [0.15, 0.2) is 41.6 Å². The highest BCUT2D eigenvalue weighted by Crippen LogP contribution is 2.27. The summed E-state index contributed by atoms with van der Waals surface area (Å²) >= 11 is 0. The number of aromatic hydroxyl groups is 2. The standard InChI is InChI=1S/C14H16N2O4S/c1-9(10-5-12(17)7-13(18)6-10)16-11-3-4-14(15-8-11)21(2,19)20/h3-9,16-18H,1-2H3. The number of hydrogen-bond acceptors (Lipinski definition) is 6. The molecule has 0 saturated heterocycles. The second kappa shape index (κ2) is 5.61. The number of anilines is 1. The lowest BCUT2D eigenvalue weighted by atomic mass is 10.1. The molecule has 0 saturated carbocycles. The molecular formula is C14H16N2O4S. The molecule has 7 heteroatoms. The monoisotopic (exact) mass is 308 g/mol. The van der Waals surface area contributed by atoms with E-state index in [4.69, 9.17) is 0 Å². The largest absolute Gasteiger partial charge is 0.508 e. The Balaban J connectivity index is 2.17. The summed E-state index contributed by atoms with van der Waals surface area (Å²) in [6.07, 6.45) is 2.52.